The largest absolute Gasteiger partial charge is 0.497 e. The number of amides is 1. The Kier molecular flexibility index (Phi) is 4.48. The van der Waals surface area contributed by atoms with E-state index in [9.17, 15) is 4.79 Å². The second-order valence-electron chi connectivity index (χ2n) is 5.37. The Labute approximate surface area is 140 Å². The molecule has 0 atom stereocenters. The van der Waals surface area contributed by atoms with Crippen LogP contribution in [0.1, 0.15) is 11.1 Å². The predicted octanol–water partition coefficient (Wildman–Crippen LogP) is 3.04. The minimum Gasteiger partial charge on any atom is -0.497 e. The lowest BCUT2D eigenvalue weighted by atomic mass is 10.1. The molecule has 0 spiro atoms. The van der Waals surface area contributed by atoms with E-state index in [1.165, 1.54) is 0 Å². The van der Waals surface area contributed by atoms with Crippen LogP contribution in [0.15, 0.2) is 48.5 Å². The minimum absolute atomic E-state index is 0.0876. The molecule has 0 unspecified atom stereocenters. The number of hydrogen-bond donors (Lipinski definition) is 1. The van der Waals surface area contributed by atoms with Crippen LogP contribution < -0.4 is 15.0 Å². The summed E-state index contributed by atoms with van der Waals surface area (Å²) in [6, 6.07) is 14.8. The van der Waals surface area contributed by atoms with Crippen LogP contribution in [0.3, 0.4) is 0 Å². The lowest BCUT2D eigenvalue weighted by Crippen LogP contribution is -2.37. The quantitative estimate of drug-likeness (QED) is 0.883. The van der Waals surface area contributed by atoms with Crippen LogP contribution in [-0.4, -0.2) is 26.1 Å². The van der Waals surface area contributed by atoms with E-state index in [4.69, 9.17) is 10.00 Å². The van der Waals surface area contributed by atoms with E-state index < -0.39 is 0 Å². The van der Waals surface area contributed by atoms with Crippen LogP contribution in [0, 0.1) is 11.3 Å². The zero-order valence-electron chi connectivity index (χ0n) is 13.3. The normalized spacial score (nSPS) is 13.1. The van der Waals surface area contributed by atoms with Crippen molar-refractivity contribution >= 4 is 23.4 Å². The molecule has 1 heterocycles. The molecule has 5 heteroatoms. The van der Waals surface area contributed by atoms with Crippen molar-refractivity contribution in [3.05, 3.63) is 59.7 Å². The standard InChI is InChI=1S/C19H17N3O2/c1-24-16-7-8-17-18(12-16)22(11-10-21-17)19(23)9-6-14-2-4-15(13-20)5-3-14/h2-9,12,21H,10-11H2,1H3. The number of methoxy groups -OCH3 is 1. The van der Waals surface area contributed by atoms with Crippen LogP contribution in [0.5, 0.6) is 5.75 Å². The molecule has 1 aliphatic heterocycles. The number of carbonyl (C=O) groups is 1. The van der Waals surface area contributed by atoms with E-state index in [1.807, 2.05) is 30.3 Å². The summed E-state index contributed by atoms with van der Waals surface area (Å²) in [6.07, 6.45) is 3.31. The van der Waals surface area contributed by atoms with E-state index in [2.05, 4.69) is 11.4 Å². The predicted molar refractivity (Wildman–Crippen MR) is 94.0 cm³/mol. The average Bonchev–Trinajstić information content (AvgIpc) is 2.65. The zero-order valence-corrected chi connectivity index (χ0v) is 13.3. The molecule has 5 nitrogen and oxygen atoms in total. The maximum Gasteiger partial charge on any atom is 0.251 e. The van der Waals surface area contributed by atoms with Crippen molar-refractivity contribution in [2.75, 3.05) is 30.4 Å². The molecule has 3 rings (SSSR count). The van der Waals surface area contributed by atoms with E-state index in [1.54, 1.807) is 36.3 Å². The second kappa shape index (κ2) is 6.88. The molecule has 0 bridgehead atoms. The van der Waals surface area contributed by atoms with Gasteiger partial charge >= 0.3 is 0 Å². The number of nitrogens with zero attached hydrogens (tertiary/aromatic N) is 2. The lowest BCUT2D eigenvalue weighted by molar-refractivity contribution is -0.114. The van der Waals surface area contributed by atoms with E-state index in [-0.39, 0.29) is 5.91 Å². The van der Waals surface area contributed by atoms with Gasteiger partial charge in [0.05, 0.1) is 30.1 Å². The SMILES string of the molecule is COc1ccc2c(c1)N(C(=O)C=Cc1ccc(C#N)cc1)CCN2. The maximum absolute atomic E-state index is 12.6. The summed E-state index contributed by atoms with van der Waals surface area (Å²) in [5, 5.41) is 12.1. The summed E-state index contributed by atoms with van der Waals surface area (Å²) in [5.74, 6) is 0.627. The molecule has 24 heavy (non-hydrogen) atoms. The van der Waals surface area contributed by atoms with Crippen molar-refractivity contribution < 1.29 is 9.53 Å². The lowest BCUT2D eigenvalue weighted by Gasteiger charge is -2.29. The number of nitriles is 1. The third kappa shape index (κ3) is 3.23. The highest BCUT2D eigenvalue weighted by atomic mass is 16.5. The van der Waals surface area contributed by atoms with Gasteiger partial charge in [-0.25, -0.2) is 0 Å². The topological polar surface area (TPSA) is 65.4 Å². The highest BCUT2D eigenvalue weighted by Gasteiger charge is 2.21. The average molecular weight is 319 g/mol. The molecule has 0 radical (unpaired) electrons. The van der Waals surface area contributed by atoms with Crippen LogP contribution in [-0.2, 0) is 4.79 Å². The van der Waals surface area contributed by atoms with Crippen LogP contribution >= 0.6 is 0 Å². The van der Waals surface area contributed by atoms with Crippen molar-refractivity contribution in [3.8, 4) is 11.8 Å². The number of benzene rings is 2. The maximum atomic E-state index is 12.6. The highest BCUT2D eigenvalue weighted by Crippen LogP contribution is 2.32. The van der Waals surface area contributed by atoms with Crippen molar-refractivity contribution in [2.45, 2.75) is 0 Å². The molecule has 2 aromatic carbocycles. The highest BCUT2D eigenvalue weighted by molar-refractivity contribution is 6.06. The Morgan fingerprint density at radius 3 is 2.79 bits per heavy atom. The first-order valence-corrected chi connectivity index (χ1v) is 7.63. The van der Waals surface area contributed by atoms with Gasteiger partial charge < -0.3 is 15.0 Å². The van der Waals surface area contributed by atoms with Gasteiger partial charge in [-0.2, -0.15) is 5.26 Å². The number of anilines is 2. The molecule has 0 saturated heterocycles. The number of nitrogens with one attached hydrogen (secondary N) is 1. The van der Waals surface area contributed by atoms with E-state index >= 15 is 0 Å². The third-order valence-corrected chi connectivity index (χ3v) is 3.87. The van der Waals surface area contributed by atoms with Gasteiger partial charge in [-0.05, 0) is 35.9 Å². The summed E-state index contributed by atoms with van der Waals surface area (Å²) in [4.78, 5) is 14.3. The second-order valence-corrected chi connectivity index (χ2v) is 5.37. The monoisotopic (exact) mass is 319 g/mol. The molecule has 0 aromatic heterocycles. The third-order valence-electron chi connectivity index (χ3n) is 3.87. The molecular formula is C19H17N3O2. The molecule has 0 saturated carbocycles. The molecule has 0 fully saturated rings. The molecule has 120 valence electrons. The molecular weight excluding hydrogens is 302 g/mol. The Balaban J connectivity index is 1.81. The Morgan fingerprint density at radius 1 is 1.29 bits per heavy atom. The van der Waals surface area contributed by atoms with E-state index in [0.717, 1.165) is 16.9 Å². The van der Waals surface area contributed by atoms with Gasteiger partial charge in [-0.3, -0.25) is 4.79 Å². The Bertz CT molecular complexity index is 819. The van der Waals surface area contributed by atoms with Gasteiger partial charge in [0.15, 0.2) is 0 Å². The first-order valence-electron chi connectivity index (χ1n) is 7.63. The fraction of sp³-hybridized carbons (Fsp3) is 0.158. The van der Waals surface area contributed by atoms with Gasteiger partial charge in [0.1, 0.15) is 5.75 Å². The summed E-state index contributed by atoms with van der Waals surface area (Å²) in [7, 11) is 1.61. The van der Waals surface area contributed by atoms with E-state index in [0.29, 0.717) is 24.4 Å². The minimum atomic E-state index is -0.0876. The summed E-state index contributed by atoms with van der Waals surface area (Å²) < 4.78 is 5.25. The molecule has 1 amide bonds. The number of carbonyl (C=O) groups excluding carboxylic acids is 1. The summed E-state index contributed by atoms with van der Waals surface area (Å²) in [5.41, 5.74) is 3.21. The van der Waals surface area contributed by atoms with Gasteiger partial charge in [-0.1, -0.05) is 12.1 Å². The van der Waals surface area contributed by atoms with Gasteiger partial charge in [-0.15, -0.1) is 0 Å². The molecule has 2 aromatic rings. The first kappa shape index (κ1) is 15.6. The molecule has 1 aliphatic rings. The van der Waals surface area contributed by atoms with Crippen LogP contribution in [0.25, 0.3) is 6.08 Å². The van der Waals surface area contributed by atoms with Crippen molar-refractivity contribution in [2.24, 2.45) is 0 Å². The Hall–Kier alpha value is -3.26. The van der Waals surface area contributed by atoms with Gasteiger partial charge in [0, 0.05) is 25.2 Å². The number of ether oxygens (including phenoxy) is 1. The van der Waals surface area contributed by atoms with Crippen LogP contribution in [0.2, 0.25) is 0 Å². The number of fused-ring (bicyclic) bond motifs is 1. The smallest absolute Gasteiger partial charge is 0.251 e. The number of rotatable bonds is 3. The molecule has 1 N–H and O–H groups in total. The van der Waals surface area contributed by atoms with Crippen molar-refractivity contribution in [1.82, 2.24) is 0 Å². The summed E-state index contributed by atoms with van der Waals surface area (Å²) in [6.45, 7) is 1.30. The van der Waals surface area contributed by atoms with Crippen molar-refractivity contribution in [1.29, 1.82) is 5.26 Å². The Morgan fingerprint density at radius 2 is 2.08 bits per heavy atom. The first-order chi connectivity index (χ1) is 11.7. The zero-order chi connectivity index (χ0) is 16.9. The number of hydrogen-bond acceptors (Lipinski definition) is 4. The molecule has 0 aliphatic carbocycles. The van der Waals surface area contributed by atoms with Gasteiger partial charge in [0.2, 0.25) is 0 Å². The van der Waals surface area contributed by atoms with Crippen molar-refractivity contribution in [3.63, 3.8) is 0 Å². The van der Waals surface area contributed by atoms with Gasteiger partial charge in [0.25, 0.3) is 5.91 Å². The summed E-state index contributed by atoms with van der Waals surface area (Å²) >= 11 is 0. The van der Waals surface area contributed by atoms with Crippen LogP contribution in [0.4, 0.5) is 11.4 Å². The fourth-order valence-corrected chi connectivity index (χ4v) is 2.59. The fourth-order valence-electron chi connectivity index (χ4n) is 2.59.